The summed E-state index contributed by atoms with van der Waals surface area (Å²) in [5, 5.41) is 0. The number of hydrogen-bond acceptors (Lipinski definition) is 3. The Kier molecular flexibility index (Phi) is 7.04. The molecule has 0 aromatic heterocycles. The van der Waals surface area contributed by atoms with Gasteiger partial charge in [0.15, 0.2) is 0 Å². The van der Waals surface area contributed by atoms with E-state index >= 15 is 0 Å². The number of rotatable bonds is 6. The van der Waals surface area contributed by atoms with E-state index in [0.29, 0.717) is 24.2 Å². The molecule has 2 atom stereocenters. The van der Waals surface area contributed by atoms with E-state index < -0.39 is 0 Å². The standard InChI is InChI=1S/C32H30N2O3/c1-3-31(35)34(25-12-6-4-7-13-25)30-22-23(2)33(29-17-11-10-16-28(29)30)32(36)24-18-20-27(21-19-24)37-26-14-8-5-9-15-26/h4-21,23,30H,3,22H2,1-2H3. The number of amides is 2. The van der Waals surface area contributed by atoms with Crippen molar-refractivity contribution in [2.45, 2.75) is 38.8 Å². The molecule has 0 spiro atoms. The molecule has 0 fully saturated rings. The van der Waals surface area contributed by atoms with Crippen LogP contribution >= 0.6 is 0 Å². The highest BCUT2D eigenvalue weighted by molar-refractivity contribution is 6.07. The first-order chi connectivity index (χ1) is 18.1. The lowest BCUT2D eigenvalue weighted by atomic mass is 9.89. The van der Waals surface area contributed by atoms with Gasteiger partial charge in [0, 0.05) is 29.4 Å². The van der Waals surface area contributed by atoms with Crippen LogP contribution in [-0.4, -0.2) is 17.9 Å². The summed E-state index contributed by atoms with van der Waals surface area (Å²) in [6, 6.07) is 34.3. The van der Waals surface area contributed by atoms with Crippen molar-refractivity contribution < 1.29 is 14.3 Å². The lowest BCUT2D eigenvalue weighted by molar-refractivity contribution is -0.118. The number of benzene rings is 4. The summed E-state index contributed by atoms with van der Waals surface area (Å²) < 4.78 is 5.89. The minimum atomic E-state index is -0.160. The largest absolute Gasteiger partial charge is 0.457 e. The number of para-hydroxylation sites is 3. The second kappa shape index (κ2) is 10.7. The Morgan fingerprint density at radius 3 is 2.08 bits per heavy atom. The Morgan fingerprint density at radius 2 is 1.41 bits per heavy atom. The molecule has 4 aromatic rings. The average molecular weight is 491 g/mol. The van der Waals surface area contributed by atoms with Crippen molar-refractivity contribution in [2.24, 2.45) is 0 Å². The van der Waals surface area contributed by atoms with Crippen LogP contribution in [0.2, 0.25) is 0 Å². The summed E-state index contributed by atoms with van der Waals surface area (Å²) >= 11 is 0. The van der Waals surface area contributed by atoms with Gasteiger partial charge in [-0.3, -0.25) is 9.59 Å². The second-order valence-corrected chi connectivity index (χ2v) is 9.23. The minimum absolute atomic E-state index is 0.0620. The maximum absolute atomic E-state index is 13.8. The summed E-state index contributed by atoms with van der Waals surface area (Å²) in [4.78, 5) is 30.7. The summed E-state index contributed by atoms with van der Waals surface area (Å²) in [6.07, 6.45) is 1.04. The Balaban J connectivity index is 1.45. The molecule has 2 amide bonds. The molecule has 5 rings (SSSR count). The van der Waals surface area contributed by atoms with Gasteiger partial charge in [0.1, 0.15) is 11.5 Å². The Labute approximate surface area is 217 Å². The van der Waals surface area contributed by atoms with Crippen molar-refractivity contribution in [3.63, 3.8) is 0 Å². The molecule has 0 radical (unpaired) electrons. The number of hydrogen-bond donors (Lipinski definition) is 0. The maximum atomic E-state index is 13.8. The lowest BCUT2D eigenvalue weighted by Crippen LogP contribution is -2.47. The summed E-state index contributed by atoms with van der Waals surface area (Å²) in [6.45, 7) is 3.94. The number of ether oxygens (including phenoxy) is 1. The summed E-state index contributed by atoms with van der Waals surface area (Å²) in [7, 11) is 0. The topological polar surface area (TPSA) is 49.9 Å². The first kappa shape index (κ1) is 24.3. The van der Waals surface area contributed by atoms with Crippen molar-refractivity contribution in [3.8, 4) is 11.5 Å². The Hall–Kier alpha value is -4.38. The van der Waals surface area contributed by atoms with E-state index in [1.807, 2.05) is 121 Å². The van der Waals surface area contributed by atoms with Crippen molar-refractivity contribution in [3.05, 3.63) is 120 Å². The number of carbonyl (C=O) groups is 2. The molecular weight excluding hydrogens is 460 g/mol. The maximum Gasteiger partial charge on any atom is 0.258 e. The van der Waals surface area contributed by atoms with E-state index in [2.05, 4.69) is 0 Å². The van der Waals surface area contributed by atoms with Gasteiger partial charge in [-0.25, -0.2) is 0 Å². The molecule has 2 unspecified atom stereocenters. The molecule has 0 saturated carbocycles. The van der Waals surface area contributed by atoms with Gasteiger partial charge in [-0.1, -0.05) is 61.5 Å². The minimum Gasteiger partial charge on any atom is -0.457 e. The normalized spacial score (nSPS) is 16.5. The van der Waals surface area contributed by atoms with Crippen LogP contribution in [0.1, 0.15) is 48.7 Å². The van der Waals surface area contributed by atoms with E-state index in [1.165, 1.54) is 0 Å². The third-order valence-corrected chi connectivity index (χ3v) is 6.78. The quantitative estimate of drug-likeness (QED) is 0.283. The summed E-state index contributed by atoms with van der Waals surface area (Å²) in [5.41, 5.74) is 3.27. The fourth-order valence-electron chi connectivity index (χ4n) is 5.02. The van der Waals surface area contributed by atoms with Crippen LogP contribution in [0.15, 0.2) is 109 Å². The zero-order chi connectivity index (χ0) is 25.8. The number of nitrogens with zero attached hydrogens (tertiary/aromatic N) is 2. The highest BCUT2D eigenvalue weighted by Gasteiger charge is 2.38. The number of carbonyl (C=O) groups excluding carboxylic acids is 2. The van der Waals surface area contributed by atoms with E-state index in [0.717, 1.165) is 22.7 Å². The smallest absolute Gasteiger partial charge is 0.258 e. The van der Waals surface area contributed by atoms with Gasteiger partial charge < -0.3 is 14.5 Å². The molecule has 5 nitrogen and oxygen atoms in total. The zero-order valence-corrected chi connectivity index (χ0v) is 21.1. The van der Waals surface area contributed by atoms with Crippen LogP contribution < -0.4 is 14.5 Å². The third kappa shape index (κ3) is 4.98. The molecule has 0 saturated heterocycles. The zero-order valence-electron chi connectivity index (χ0n) is 21.1. The third-order valence-electron chi connectivity index (χ3n) is 6.78. The van der Waals surface area contributed by atoms with E-state index in [4.69, 9.17) is 4.74 Å². The molecule has 4 aromatic carbocycles. The monoisotopic (exact) mass is 490 g/mol. The predicted octanol–water partition coefficient (Wildman–Crippen LogP) is 7.40. The molecular formula is C32H30N2O3. The number of anilines is 2. The molecule has 1 aliphatic heterocycles. The molecule has 1 aliphatic rings. The van der Waals surface area contributed by atoms with Gasteiger partial charge in [0.2, 0.25) is 5.91 Å². The van der Waals surface area contributed by atoms with Crippen LogP contribution in [0, 0.1) is 0 Å². The highest BCUT2D eigenvalue weighted by Crippen LogP contribution is 2.43. The average Bonchev–Trinajstić information content (AvgIpc) is 2.94. The van der Waals surface area contributed by atoms with Gasteiger partial charge in [0.25, 0.3) is 5.91 Å². The van der Waals surface area contributed by atoms with Crippen molar-refractivity contribution >= 4 is 23.2 Å². The Bertz CT molecular complexity index is 1370. The SMILES string of the molecule is CCC(=O)N(c1ccccc1)C1CC(C)N(C(=O)c2ccc(Oc3ccccc3)cc2)c2ccccc21. The van der Waals surface area contributed by atoms with Crippen molar-refractivity contribution in [2.75, 3.05) is 9.80 Å². The lowest BCUT2D eigenvalue weighted by Gasteiger charge is -2.43. The van der Waals surface area contributed by atoms with Gasteiger partial charge in [-0.15, -0.1) is 0 Å². The van der Waals surface area contributed by atoms with Crippen LogP contribution in [-0.2, 0) is 4.79 Å². The molecule has 37 heavy (non-hydrogen) atoms. The fourth-order valence-corrected chi connectivity index (χ4v) is 5.02. The van der Waals surface area contributed by atoms with Gasteiger partial charge in [-0.2, -0.15) is 0 Å². The molecule has 186 valence electrons. The van der Waals surface area contributed by atoms with E-state index in [1.54, 1.807) is 12.1 Å². The summed E-state index contributed by atoms with van der Waals surface area (Å²) in [5.74, 6) is 1.41. The first-order valence-electron chi connectivity index (χ1n) is 12.7. The highest BCUT2D eigenvalue weighted by atomic mass is 16.5. The van der Waals surface area contributed by atoms with Gasteiger partial charge in [0.05, 0.1) is 6.04 Å². The predicted molar refractivity (Wildman–Crippen MR) is 147 cm³/mol. The first-order valence-corrected chi connectivity index (χ1v) is 12.7. The molecule has 0 bridgehead atoms. The van der Waals surface area contributed by atoms with Crippen molar-refractivity contribution in [1.29, 1.82) is 0 Å². The molecule has 0 N–H and O–H groups in total. The van der Waals surface area contributed by atoms with Crippen molar-refractivity contribution in [1.82, 2.24) is 0 Å². The molecule has 1 heterocycles. The molecule has 5 heteroatoms. The van der Waals surface area contributed by atoms with Gasteiger partial charge in [-0.05, 0) is 73.5 Å². The van der Waals surface area contributed by atoms with E-state index in [9.17, 15) is 9.59 Å². The van der Waals surface area contributed by atoms with Crippen LogP contribution in [0.25, 0.3) is 0 Å². The molecule has 0 aliphatic carbocycles. The second-order valence-electron chi connectivity index (χ2n) is 9.23. The Morgan fingerprint density at radius 1 is 0.811 bits per heavy atom. The number of fused-ring (bicyclic) bond motifs is 1. The van der Waals surface area contributed by atoms with Crippen LogP contribution in [0.3, 0.4) is 0 Å². The van der Waals surface area contributed by atoms with Gasteiger partial charge >= 0.3 is 0 Å². The van der Waals surface area contributed by atoms with E-state index in [-0.39, 0.29) is 23.9 Å². The van der Waals surface area contributed by atoms with Crippen LogP contribution in [0.4, 0.5) is 11.4 Å². The van der Waals surface area contributed by atoms with Crippen LogP contribution in [0.5, 0.6) is 11.5 Å². The fraction of sp³-hybridized carbons (Fsp3) is 0.188.